The number of carboxylic acids is 1. The molecule has 4 rings (SSSR count). The monoisotopic (exact) mass is 350 g/mol. The molecule has 3 aromatic rings. The van der Waals surface area contributed by atoms with Crippen LogP contribution in [0.15, 0.2) is 54.9 Å². The summed E-state index contributed by atoms with van der Waals surface area (Å²) in [5.74, 6) is -1.29. The molecule has 1 aliphatic rings. The Morgan fingerprint density at radius 1 is 1.20 bits per heavy atom. The molecular weight excluding hydrogens is 336 g/mol. The summed E-state index contributed by atoms with van der Waals surface area (Å²) in [6.07, 6.45) is 3.70. The maximum atomic E-state index is 12.3. The van der Waals surface area contributed by atoms with E-state index in [0.29, 0.717) is 11.3 Å². The molecule has 2 N–H and O–H groups in total. The van der Waals surface area contributed by atoms with Crippen molar-refractivity contribution in [1.82, 2.24) is 4.98 Å². The molecule has 0 fully saturated rings. The average molecular weight is 350 g/mol. The summed E-state index contributed by atoms with van der Waals surface area (Å²) in [5.41, 5.74) is 2.88. The Balaban J connectivity index is 1.95. The molecule has 0 radical (unpaired) electrons. The van der Waals surface area contributed by atoms with Crippen molar-refractivity contribution >= 4 is 28.9 Å². The Bertz CT molecular complexity index is 952. The van der Waals surface area contributed by atoms with E-state index in [1.807, 2.05) is 42.5 Å². The molecule has 1 amide bonds. The Hall–Kier alpha value is -2.99. The van der Waals surface area contributed by atoms with Crippen LogP contribution in [-0.2, 0) is 4.79 Å². The number of anilines is 1. The van der Waals surface area contributed by atoms with Gasteiger partial charge in [0.05, 0.1) is 5.69 Å². The van der Waals surface area contributed by atoms with E-state index in [-0.39, 0.29) is 23.1 Å². The van der Waals surface area contributed by atoms with Crippen molar-refractivity contribution in [1.29, 1.82) is 0 Å². The summed E-state index contributed by atoms with van der Waals surface area (Å²) >= 11 is 1.23. The highest BCUT2D eigenvalue weighted by molar-refractivity contribution is 7.15. The fourth-order valence-electron chi connectivity index (χ4n) is 3.17. The van der Waals surface area contributed by atoms with E-state index in [1.165, 1.54) is 11.3 Å². The summed E-state index contributed by atoms with van der Waals surface area (Å²) in [7, 11) is 0. The number of benzene rings is 1. The number of rotatable bonds is 3. The van der Waals surface area contributed by atoms with Crippen LogP contribution in [0.4, 0.5) is 5.69 Å². The molecule has 0 saturated heterocycles. The van der Waals surface area contributed by atoms with Crippen LogP contribution in [0.2, 0.25) is 0 Å². The Morgan fingerprint density at radius 3 is 2.68 bits per heavy atom. The number of aromatic carboxylic acids is 1. The number of nitrogens with zero attached hydrogens (tertiary/aromatic N) is 1. The molecule has 0 saturated carbocycles. The highest BCUT2D eigenvalue weighted by atomic mass is 32.1. The molecule has 0 aliphatic carbocycles. The lowest BCUT2D eigenvalue weighted by Gasteiger charge is -2.23. The van der Waals surface area contributed by atoms with E-state index in [0.717, 1.165) is 16.0 Å². The Kier molecular flexibility index (Phi) is 3.82. The van der Waals surface area contributed by atoms with Crippen LogP contribution in [0, 0.1) is 0 Å². The van der Waals surface area contributed by atoms with Gasteiger partial charge in [0.1, 0.15) is 4.88 Å². The van der Waals surface area contributed by atoms with Gasteiger partial charge in [-0.25, -0.2) is 4.79 Å². The topological polar surface area (TPSA) is 79.3 Å². The molecule has 1 aliphatic heterocycles. The number of amides is 1. The number of carbonyl (C=O) groups is 2. The largest absolute Gasteiger partial charge is 0.477 e. The van der Waals surface area contributed by atoms with Crippen LogP contribution in [0.1, 0.15) is 32.5 Å². The van der Waals surface area contributed by atoms with E-state index in [2.05, 4.69) is 10.3 Å². The van der Waals surface area contributed by atoms with E-state index in [9.17, 15) is 14.7 Å². The molecule has 25 heavy (non-hydrogen) atoms. The van der Waals surface area contributed by atoms with Gasteiger partial charge in [-0.1, -0.05) is 36.4 Å². The Labute approximate surface area is 148 Å². The van der Waals surface area contributed by atoms with Crippen molar-refractivity contribution in [2.24, 2.45) is 0 Å². The molecular formula is C19H14N2O3S. The number of fused-ring (bicyclic) bond motifs is 1. The third-order valence-corrected chi connectivity index (χ3v) is 5.54. The highest BCUT2D eigenvalue weighted by Crippen LogP contribution is 2.49. The van der Waals surface area contributed by atoms with Crippen LogP contribution in [0.3, 0.4) is 0 Å². The van der Waals surface area contributed by atoms with Crippen LogP contribution in [0.5, 0.6) is 0 Å². The molecule has 1 atom stereocenters. The van der Waals surface area contributed by atoms with Gasteiger partial charge in [-0.05, 0) is 17.2 Å². The van der Waals surface area contributed by atoms with Gasteiger partial charge in [-0.3, -0.25) is 9.78 Å². The second-order valence-corrected chi connectivity index (χ2v) is 6.86. The normalized spacial score (nSPS) is 16.2. The SMILES string of the molecule is O=C1CC(c2cccnc2)c2sc(C(=O)O)c(-c3ccccc3)c2N1. The van der Waals surface area contributed by atoms with E-state index < -0.39 is 5.97 Å². The van der Waals surface area contributed by atoms with Gasteiger partial charge in [-0.2, -0.15) is 0 Å². The number of carbonyl (C=O) groups excluding carboxylic acids is 1. The van der Waals surface area contributed by atoms with E-state index in [4.69, 9.17) is 0 Å². The zero-order chi connectivity index (χ0) is 17.4. The van der Waals surface area contributed by atoms with Crippen molar-refractivity contribution in [2.45, 2.75) is 12.3 Å². The molecule has 1 aromatic carbocycles. The standard InChI is InChI=1S/C19H14N2O3S/c22-14-9-13(12-7-4-8-20-10-12)17-16(21-14)15(18(25-17)19(23)24)11-5-2-1-3-6-11/h1-8,10,13H,9H2,(H,21,22)(H,23,24). The van der Waals surface area contributed by atoms with Gasteiger partial charge < -0.3 is 10.4 Å². The van der Waals surface area contributed by atoms with Crippen molar-refractivity contribution < 1.29 is 14.7 Å². The first kappa shape index (κ1) is 15.5. The minimum Gasteiger partial charge on any atom is -0.477 e. The predicted molar refractivity (Wildman–Crippen MR) is 96.0 cm³/mol. The van der Waals surface area contributed by atoms with Crippen LogP contribution < -0.4 is 5.32 Å². The van der Waals surface area contributed by atoms with Crippen molar-refractivity contribution in [3.63, 3.8) is 0 Å². The summed E-state index contributed by atoms with van der Waals surface area (Å²) in [5, 5.41) is 12.6. The number of carboxylic acid groups (broad SMARTS) is 1. The van der Waals surface area contributed by atoms with Crippen molar-refractivity contribution in [3.8, 4) is 11.1 Å². The zero-order valence-corrected chi connectivity index (χ0v) is 13.9. The third-order valence-electron chi connectivity index (χ3n) is 4.25. The van der Waals surface area contributed by atoms with E-state index in [1.54, 1.807) is 12.4 Å². The van der Waals surface area contributed by atoms with Gasteiger partial charge in [0.15, 0.2) is 0 Å². The zero-order valence-electron chi connectivity index (χ0n) is 13.1. The molecule has 0 bridgehead atoms. The maximum absolute atomic E-state index is 12.3. The number of thiophene rings is 1. The smallest absolute Gasteiger partial charge is 0.346 e. The number of nitrogens with one attached hydrogen (secondary N) is 1. The maximum Gasteiger partial charge on any atom is 0.346 e. The Morgan fingerprint density at radius 2 is 2.00 bits per heavy atom. The van der Waals surface area contributed by atoms with Gasteiger partial charge >= 0.3 is 5.97 Å². The van der Waals surface area contributed by atoms with Crippen molar-refractivity contribution in [2.75, 3.05) is 5.32 Å². The molecule has 2 aromatic heterocycles. The number of aromatic nitrogens is 1. The summed E-state index contributed by atoms with van der Waals surface area (Å²) in [4.78, 5) is 29.4. The second kappa shape index (κ2) is 6.14. The first-order chi connectivity index (χ1) is 12.1. The van der Waals surface area contributed by atoms with Gasteiger partial charge in [-0.15, -0.1) is 11.3 Å². The van der Waals surface area contributed by atoms with Crippen LogP contribution >= 0.6 is 11.3 Å². The van der Waals surface area contributed by atoms with Crippen molar-refractivity contribution in [3.05, 3.63) is 70.2 Å². The number of pyridine rings is 1. The molecule has 124 valence electrons. The van der Waals surface area contributed by atoms with E-state index >= 15 is 0 Å². The summed E-state index contributed by atoms with van der Waals surface area (Å²) in [6.45, 7) is 0. The minimum absolute atomic E-state index is 0.117. The van der Waals surface area contributed by atoms with Crippen LogP contribution in [0.25, 0.3) is 11.1 Å². The summed E-state index contributed by atoms with van der Waals surface area (Å²) < 4.78 is 0. The average Bonchev–Trinajstić information content (AvgIpc) is 3.02. The highest BCUT2D eigenvalue weighted by Gasteiger charge is 2.34. The quantitative estimate of drug-likeness (QED) is 0.749. The summed E-state index contributed by atoms with van der Waals surface area (Å²) in [6, 6.07) is 13.0. The molecule has 3 heterocycles. The first-order valence-electron chi connectivity index (χ1n) is 7.80. The molecule has 5 nitrogen and oxygen atoms in total. The minimum atomic E-state index is -0.988. The third kappa shape index (κ3) is 2.70. The lowest BCUT2D eigenvalue weighted by molar-refractivity contribution is -0.116. The molecule has 1 unspecified atom stereocenters. The van der Waals surface area contributed by atoms with Gasteiger partial charge in [0.2, 0.25) is 5.91 Å². The van der Waals surface area contributed by atoms with Crippen LogP contribution in [-0.4, -0.2) is 22.0 Å². The number of hydrogen-bond acceptors (Lipinski definition) is 4. The van der Waals surface area contributed by atoms with Gasteiger partial charge in [0, 0.05) is 35.2 Å². The predicted octanol–water partition coefficient (Wildman–Crippen LogP) is 3.98. The molecule has 6 heteroatoms. The number of hydrogen-bond donors (Lipinski definition) is 2. The van der Waals surface area contributed by atoms with Gasteiger partial charge in [0.25, 0.3) is 0 Å². The first-order valence-corrected chi connectivity index (χ1v) is 8.62. The molecule has 0 spiro atoms. The fraction of sp³-hybridized carbons (Fsp3) is 0.105. The fourth-order valence-corrected chi connectivity index (χ4v) is 4.41. The lowest BCUT2D eigenvalue weighted by atomic mass is 9.89. The second-order valence-electron chi connectivity index (χ2n) is 5.81. The lowest BCUT2D eigenvalue weighted by Crippen LogP contribution is -2.22.